The molecule has 0 aliphatic rings. The summed E-state index contributed by atoms with van der Waals surface area (Å²) in [7, 11) is 0. The van der Waals surface area contributed by atoms with E-state index in [1.54, 1.807) is 0 Å². The average molecular weight is 267 g/mol. The third-order valence-electron chi connectivity index (χ3n) is 3.26. The molecule has 0 aromatic heterocycles. The summed E-state index contributed by atoms with van der Waals surface area (Å²) >= 11 is 0. The number of unbranched alkanes of at least 4 members (excludes halogenated alkanes) is 1. The van der Waals surface area contributed by atoms with E-state index in [-0.39, 0.29) is 17.4 Å². The van der Waals surface area contributed by atoms with Gasteiger partial charge in [0.2, 0.25) is 5.91 Å². The molecule has 0 aromatic carbocycles. The summed E-state index contributed by atoms with van der Waals surface area (Å²) < 4.78 is 0. The number of hydrogen-bond donors (Lipinski definition) is 2. The van der Waals surface area contributed by atoms with E-state index in [9.17, 15) is 4.79 Å². The van der Waals surface area contributed by atoms with Crippen LogP contribution in [0.1, 0.15) is 59.8 Å². The molecule has 0 aromatic rings. The van der Waals surface area contributed by atoms with E-state index in [0.717, 1.165) is 38.8 Å². The van der Waals surface area contributed by atoms with E-state index in [2.05, 4.69) is 23.6 Å². The van der Waals surface area contributed by atoms with Crippen molar-refractivity contribution in [3.05, 3.63) is 0 Å². The van der Waals surface area contributed by atoms with Gasteiger partial charge in [-0.05, 0) is 46.6 Å². The molecular weight excluding hydrogens is 238 g/mol. The van der Waals surface area contributed by atoms with E-state index in [0.29, 0.717) is 6.42 Å². The van der Waals surface area contributed by atoms with Gasteiger partial charge in [0.05, 0.1) is 11.5 Å². The molecule has 0 fully saturated rings. The van der Waals surface area contributed by atoms with Crippen molar-refractivity contribution in [3.8, 4) is 6.07 Å². The Hall–Kier alpha value is -1.08. The third kappa shape index (κ3) is 10.5. The Morgan fingerprint density at radius 2 is 2.00 bits per heavy atom. The summed E-state index contributed by atoms with van der Waals surface area (Å²) in [6.07, 6.45) is 4.53. The number of nitriles is 1. The Morgan fingerprint density at radius 1 is 1.32 bits per heavy atom. The van der Waals surface area contributed by atoms with Crippen LogP contribution in [0.25, 0.3) is 0 Å². The van der Waals surface area contributed by atoms with Crippen LogP contribution >= 0.6 is 0 Å². The summed E-state index contributed by atoms with van der Waals surface area (Å²) in [5, 5.41) is 15.1. The minimum Gasteiger partial charge on any atom is -0.354 e. The highest BCUT2D eigenvalue weighted by molar-refractivity contribution is 5.76. The molecule has 0 saturated carbocycles. The first-order valence-electron chi connectivity index (χ1n) is 7.32. The molecule has 1 unspecified atom stereocenters. The maximum atomic E-state index is 11.5. The van der Waals surface area contributed by atoms with Crippen LogP contribution < -0.4 is 10.6 Å². The van der Waals surface area contributed by atoms with Gasteiger partial charge in [-0.3, -0.25) is 4.79 Å². The third-order valence-corrected chi connectivity index (χ3v) is 3.26. The molecular formula is C15H29N3O. The van der Waals surface area contributed by atoms with E-state index < -0.39 is 0 Å². The molecule has 110 valence electrons. The van der Waals surface area contributed by atoms with Crippen LogP contribution in [0.15, 0.2) is 0 Å². The first kappa shape index (κ1) is 17.9. The van der Waals surface area contributed by atoms with E-state index in [1.165, 1.54) is 0 Å². The topological polar surface area (TPSA) is 64.9 Å². The normalized spacial score (nSPS) is 12.8. The molecule has 0 spiro atoms. The monoisotopic (exact) mass is 267 g/mol. The summed E-state index contributed by atoms with van der Waals surface area (Å²) in [4.78, 5) is 11.5. The molecule has 0 aliphatic heterocycles. The molecule has 2 N–H and O–H groups in total. The van der Waals surface area contributed by atoms with Gasteiger partial charge in [0.15, 0.2) is 0 Å². The van der Waals surface area contributed by atoms with E-state index in [4.69, 9.17) is 5.26 Å². The van der Waals surface area contributed by atoms with Crippen molar-refractivity contribution >= 4 is 5.91 Å². The molecule has 1 atom stereocenters. The number of nitrogens with one attached hydrogen (secondary N) is 2. The van der Waals surface area contributed by atoms with Gasteiger partial charge >= 0.3 is 0 Å². The zero-order chi connectivity index (χ0) is 14.7. The maximum Gasteiger partial charge on any atom is 0.221 e. The van der Waals surface area contributed by atoms with Crippen molar-refractivity contribution < 1.29 is 4.79 Å². The Bertz CT molecular complexity index is 294. The Kier molecular flexibility index (Phi) is 9.24. The Balaban J connectivity index is 3.42. The number of carbonyl (C=O) groups is 1. The standard InChI is InChI=1S/C15H29N3O/c1-5-13(2)18-14(19)8-11-17-10-7-6-9-15(3,4)12-16/h13,17H,5-11H2,1-4H3,(H,18,19). The lowest BCUT2D eigenvalue weighted by Crippen LogP contribution is -2.34. The zero-order valence-corrected chi connectivity index (χ0v) is 12.9. The second-order valence-corrected chi connectivity index (χ2v) is 5.83. The van der Waals surface area contributed by atoms with Gasteiger partial charge in [0.1, 0.15) is 0 Å². The van der Waals surface area contributed by atoms with Crippen LogP contribution in [0.2, 0.25) is 0 Å². The molecule has 0 bridgehead atoms. The second-order valence-electron chi connectivity index (χ2n) is 5.83. The maximum absolute atomic E-state index is 11.5. The van der Waals surface area contributed by atoms with Gasteiger partial charge in [-0.25, -0.2) is 0 Å². The molecule has 4 heteroatoms. The van der Waals surface area contributed by atoms with Crippen LogP contribution in [0.4, 0.5) is 0 Å². The Labute approximate surface area is 118 Å². The molecule has 0 aliphatic carbocycles. The number of carbonyl (C=O) groups excluding carboxylic acids is 1. The first-order valence-corrected chi connectivity index (χ1v) is 7.32. The van der Waals surface area contributed by atoms with Crippen molar-refractivity contribution in [1.29, 1.82) is 5.26 Å². The van der Waals surface area contributed by atoms with Crippen molar-refractivity contribution in [2.24, 2.45) is 5.41 Å². The van der Waals surface area contributed by atoms with Gasteiger partial charge in [-0.1, -0.05) is 13.3 Å². The fourth-order valence-electron chi connectivity index (χ4n) is 1.65. The molecule has 19 heavy (non-hydrogen) atoms. The van der Waals surface area contributed by atoms with Gasteiger partial charge in [0, 0.05) is 19.0 Å². The summed E-state index contributed by atoms with van der Waals surface area (Å²) in [5.74, 6) is 0.118. The van der Waals surface area contributed by atoms with Gasteiger partial charge in [-0.2, -0.15) is 5.26 Å². The highest BCUT2D eigenvalue weighted by atomic mass is 16.1. The fourth-order valence-corrected chi connectivity index (χ4v) is 1.65. The van der Waals surface area contributed by atoms with Gasteiger partial charge < -0.3 is 10.6 Å². The second kappa shape index (κ2) is 9.80. The lowest BCUT2D eigenvalue weighted by Gasteiger charge is -2.14. The van der Waals surface area contributed by atoms with Crippen LogP contribution in [0, 0.1) is 16.7 Å². The number of rotatable bonds is 10. The first-order chi connectivity index (χ1) is 8.91. The lowest BCUT2D eigenvalue weighted by atomic mass is 9.89. The number of nitrogens with zero attached hydrogens (tertiary/aromatic N) is 1. The zero-order valence-electron chi connectivity index (χ0n) is 12.9. The van der Waals surface area contributed by atoms with Gasteiger partial charge in [-0.15, -0.1) is 0 Å². The number of amides is 1. The van der Waals surface area contributed by atoms with Crippen molar-refractivity contribution in [3.63, 3.8) is 0 Å². The van der Waals surface area contributed by atoms with E-state index >= 15 is 0 Å². The predicted molar refractivity (Wildman–Crippen MR) is 78.6 cm³/mol. The lowest BCUT2D eigenvalue weighted by molar-refractivity contribution is -0.121. The van der Waals surface area contributed by atoms with Crippen LogP contribution in [0.3, 0.4) is 0 Å². The molecule has 4 nitrogen and oxygen atoms in total. The largest absolute Gasteiger partial charge is 0.354 e. The number of hydrogen-bond acceptors (Lipinski definition) is 3. The Morgan fingerprint density at radius 3 is 2.58 bits per heavy atom. The summed E-state index contributed by atoms with van der Waals surface area (Å²) in [6, 6.07) is 2.57. The van der Waals surface area contributed by atoms with Crippen LogP contribution in [-0.2, 0) is 4.79 Å². The van der Waals surface area contributed by atoms with Crippen LogP contribution in [0.5, 0.6) is 0 Å². The quantitative estimate of drug-likeness (QED) is 0.598. The van der Waals surface area contributed by atoms with Crippen molar-refractivity contribution in [2.75, 3.05) is 13.1 Å². The minimum atomic E-state index is -0.212. The summed E-state index contributed by atoms with van der Waals surface area (Å²) in [5.41, 5.74) is -0.212. The smallest absolute Gasteiger partial charge is 0.221 e. The molecule has 0 rings (SSSR count). The fraction of sp³-hybridized carbons (Fsp3) is 0.867. The van der Waals surface area contributed by atoms with Crippen molar-refractivity contribution in [2.45, 2.75) is 65.8 Å². The minimum absolute atomic E-state index is 0.118. The molecule has 0 heterocycles. The average Bonchev–Trinajstić information content (AvgIpc) is 2.37. The molecule has 1 amide bonds. The van der Waals surface area contributed by atoms with Gasteiger partial charge in [0.25, 0.3) is 0 Å². The highest BCUT2D eigenvalue weighted by Gasteiger charge is 2.15. The molecule has 0 saturated heterocycles. The van der Waals surface area contributed by atoms with E-state index in [1.807, 2.05) is 20.8 Å². The predicted octanol–water partition coefficient (Wildman–Crippen LogP) is 2.60. The summed E-state index contributed by atoms with van der Waals surface area (Å²) in [6.45, 7) is 9.66. The SMILES string of the molecule is CCC(C)NC(=O)CCNCCCCC(C)(C)C#N. The van der Waals surface area contributed by atoms with Crippen LogP contribution in [-0.4, -0.2) is 25.0 Å². The van der Waals surface area contributed by atoms with Crippen molar-refractivity contribution in [1.82, 2.24) is 10.6 Å². The highest BCUT2D eigenvalue weighted by Crippen LogP contribution is 2.21. The molecule has 0 radical (unpaired) electrons.